The van der Waals surface area contributed by atoms with Crippen LogP contribution >= 0.6 is 0 Å². The van der Waals surface area contributed by atoms with E-state index in [9.17, 15) is 0 Å². The Hall–Kier alpha value is -1.51. The Morgan fingerprint density at radius 1 is 1.29 bits per heavy atom. The average molecular weight is 233 g/mol. The molecule has 0 aliphatic heterocycles. The van der Waals surface area contributed by atoms with E-state index in [0.29, 0.717) is 12.0 Å². The monoisotopic (exact) mass is 233 g/mol. The van der Waals surface area contributed by atoms with Crippen molar-refractivity contribution in [3.63, 3.8) is 0 Å². The Kier molecular flexibility index (Phi) is 4.55. The maximum atomic E-state index is 4.70. The molecule has 1 rings (SSSR count). The Labute approximate surface area is 104 Å². The average Bonchev–Trinajstić information content (AvgIpc) is 2.64. The molecule has 94 valence electrons. The van der Waals surface area contributed by atoms with Crippen LogP contribution in [0.15, 0.2) is 18.7 Å². The molecule has 0 saturated heterocycles. The summed E-state index contributed by atoms with van der Waals surface area (Å²) in [5.74, 6) is 0.410. The fraction of sp³-hybridized carbons (Fsp3) is 0.500. The van der Waals surface area contributed by atoms with Crippen LogP contribution in [-0.2, 0) is 0 Å². The molecule has 0 spiro atoms. The first-order valence-electron chi connectivity index (χ1n) is 6.12. The molecule has 0 atom stereocenters. The van der Waals surface area contributed by atoms with Gasteiger partial charge in [0.1, 0.15) is 0 Å². The van der Waals surface area contributed by atoms with Crippen molar-refractivity contribution in [3.05, 3.63) is 30.1 Å². The van der Waals surface area contributed by atoms with Crippen LogP contribution in [-0.4, -0.2) is 16.8 Å². The molecule has 0 bridgehead atoms. The Morgan fingerprint density at radius 3 is 2.35 bits per heavy atom. The lowest BCUT2D eigenvalue weighted by atomic mass is 10.1. The molecule has 0 saturated carbocycles. The van der Waals surface area contributed by atoms with Gasteiger partial charge < -0.3 is 5.32 Å². The van der Waals surface area contributed by atoms with Crippen LogP contribution in [0.25, 0.3) is 6.08 Å². The van der Waals surface area contributed by atoms with Crippen molar-refractivity contribution in [3.8, 4) is 0 Å². The first-order chi connectivity index (χ1) is 8.02. The quantitative estimate of drug-likeness (QED) is 0.783. The van der Waals surface area contributed by atoms with Gasteiger partial charge in [-0.2, -0.15) is 5.10 Å². The van der Waals surface area contributed by atoms with Crippen LogP contribution in [0.3, 0.4) is 0 Å². The molecule has 0 amide bonds. The molecule has 0 aliphatic rings. The van der Waals surface area contributed by atoms with E-state index < -0.39 is 0 Å². The van der Waals surface area contributed by atoms with Crippen LogP contribution in [0, 0.1) is 0 Å². The smallest absolute Gasteiger partial charge is 0.0887 e. The van der Waals surface area contributed by atoms with Gasteiger partial charge in [-0.15, -0.1) is 0 Å². The van der Waals surface area contributed by atoms with Gasteiger partial charge in [-0.1, -0.05) is 32.6 Å². The minimum absolute atomic E-state index is 0.346. The third kappa shape index (κ3) is 2.78. The molecule has 1 N–H and O–H groups in total. The van der Waals surface area contributed by atoms with E-state index in [4.69, 9.17) is 5.10 Å². The third-order valence-corrected chi connectivity index (χ3v) is 2.65. The number of nitrogens with zero attached hydrogens (tertiary/aromatic N) is 2. The fourth-order valence-corrected chi connectivity index (χ4v) is 1.84. The lowest BCUT2D eigenvalue weighted by Gasteiger charge is -2.09. The second-order valence-corrected chi connectivity index (χ2v) is 4.68. The Morgan fingerprint density at radius 2 is 1.94 bits per heavy atom. The van der Waals surface area contributed by atoms with E-state index in [1.807, 2.05) is 13.1 Å². The second kappa shape index (κ2) is 5.71. The lowest BCUT2D eigenvalue weighted by Crippen LogP contribution is -2.05. The molecular weight excluding hydrogens is 210 g/mol. The third-order valence-electron chi connectivity index (χ3n) is 2.65. The molecule has 0 radical (unpaired) electrons. The maximum Gasteiger partial charge on any atom is 0.0887 e. The first kappa shape index (κ1) is 13.6. The fourth-order valence-electron chi connectivity index (χ4n) is 1.84. The van der Waals surface area contributed by atoms with E-state index in [0.717, 1.165) is 17.1 Å². The van der Waals surface area contributed by atoms with E-state index in [2.05, 4.69) is 50.3 Å². The molecule has 0 unspecified atom stereocenters. The van der Waals surface area contributed by atoms with Crippen LogP contribution in [0.1, 0.15) is 51.0 Å². The highest BCUT2D eigenvalue weighted by atomic mass is 15.3. The van der Waals surface area contributed by atoms with Crippen molar-refractivity contribution in [2.45, 2.75) is 39.7 Å². The number of allylic oxidation sites excluding steroid dienone is 2. The van der Waals surface area contributed by atoms with Gasteiger partial charge in [0.05, 0.1) is 17.1 Å². The summed E-state index contributed by atoms with van der Waals surface area (Å²) < 4.78 is 2.06. The zero-order valence-corrected chi connectivity index (χ0v) is 11.5. The van der Waals surface area contributed by atoms with E-state index in [1.54, 1.807) is 6.08 Å². The number of aromatic nitrogens is 2. The number of hydrogen-bond donors (Lipinski definition) is 1. The van der Waals surface area contributed by atoms with Gasteiger partial charge in [0, 0.05) is 13.1 Å². The molecule has 1 aromatic heterocycles. The number of hydrogen-bond acceptors (Lipinski definition) is 2. The molecule has 17 heavy (non-hydrogen) atoms. The zero-order chi connectivity index (χ0) is 13.0. The molecule has 0 aromatic carbocycles. The predicted molar refractivity (Wildman–Crippen MR) is 75.5 cm³/mol. The SMILES string of the molecule is C=C/C=C\c1c(NC)c(C(C)C)nn1C(C)C. The van der Waals surface area contributed by atoms with Gasteiger partial charge >= 0.3 is 0 Å². The Balaban J connectivity index is 3.39. The van der Waals surface area contributed by atoms with Gasteiger partial charge in [-0.05, 0) is 25.8 Å². The molecule has 0 fully saturated rings. The molecule has 1 heterocycles. The summed E-state index contributed by atoms with van der Waals surface area (Å²) in [6.07, 6.45) is 5.78. The minimum Gasteiger partial charge on any atom is -0.385 e. The molecule has 3 nitrogen and oxygen atoms in total. The van der Waals surface area contributed by atoms with E-state index in [1.165, 1.54) is 0 Å². The largest absolute Gasteiger partial charge is 0.385 e. The Bertz CT molecular complexity index is 411. The van der Waals surface area contributed by atoms with Gasteiger partial charge in [0.25, 0.3) is 0 Å². The summed E-state index contributed by atoms with van der Waals surface area (Å²) in [5.41, 5.74) is 3.35. The van der Waals surface area contributed by atoms with Gasteiger partial charge in [0.15, 0.2) is 0 Å². The van der Waals surface area contributed by atoms with Crippen molar-refractivity contribution in [1.82, 2.24) is 9.78 Å². The standard InChI is InChI=1S/C14H23N3/c1-7-8-9-12-14(15-6)13(10(2)3)16-17(12)11(4)5/h7-11,15H,1H2,2-6H3/b9-8-. The summed E-state index contributed by atoms with van der Waals surface area (Å²) in [6, 6.07) is 0.346. The van der Waals surface area contributed by atoms with Crippen molar-refractivity contribution in [2.75, 3.05) is 12.4 Å². The topological polar surface area (TPSA) is 29.9 Å². The highest BCUT2D eigenvalue weighted by Gasteiger charge is 2.18. The number of anilines is 1. The van der Waals surface area contributed by atoms with Crippen molar-refractivity contribution < 1.29 is 0 Å². The summed E-state index contributed by atoms with van der Waals surface area (Å²) in [5, 5.41) is 7.96. The number of rotatable bonds is 5. The lowest BCUT2D eigenvalue weighted by molar-refractivity contribution is 0.519. The molecule has 1 aromatic rings. The normalized spacial score (nSPS) is 11.7. The van der Waals surface area contributed by atoms with Crippen LogP contribution in [0.5, 0.6) is 0 Å². The van der Waals surface area contributed by atoms with Crippen molar-refractivity contribution in [1.29, 1.82) is 0 Å². The first-order valence-corrected chi connectivity index (χ1v) is 6.12. The molecular formula is C14H23N3. The predicted octanol–water partition coefficient (Wildman–Crippen LogP) is 3.83. The molecule has 3 heteroatoms. The molecule has 0 aliphatic carbocycles. The zero-order valence-electron chi connectivity index (χ0n) is 11.5. The van der Waals surface area contributed by atoms with Gasteiger partial charge in [-0.25, -0.2) is 0 Å². The van der Waals surface area contributed by atoms with Crippen LogP contribution in [0.4, 0.5) is 5.69 Å². The van der Waals surface area contributed by atoms with Gasteiger partial charge in [0.2, 0.25) is 0 Å². The maximum absolute atomic E-state index is 4.70. The van der Waals surface area contributed by atoms with Crippen molar-refractivity contribution >= 4 is 11.8 Å². The van der Waals surface area contributed by atoms with E-state index in [-0.39, 0.29) is 0 Å². The van der Waals surface area contributed by atoms with Crippen molar-refractivity contribution in [2.24, 2.45) is 0 Å². The summed E-state index contributed by atoms with van der Waals surface area (Å²) >= 11 is 0. The van der Waals surface area contributed by atoms with Gasteiger partial charge in [-0.3, -0.25) is 4.68 Å². The summed E-state index contributed by atoms with van der Waals surface area (Å²) in [7, 11) is 1.94. The second-order valence-electron chi connectivity index (χ2n) is 4.68. The number of nitrogens with one attached hydrogen (secondary N) is 1. The summed E-state index contributed by atoms with van der Waals surface area (Å²) in [4.78, 5) is 0. The minimum atomic E-state index is 0.346. The highest BCUT2D eigenvalue weighted by Crippen LogP contribution is 2.29. The summed E-state index contributed by atoms with van der Waals surface area (Å²) in [6.45, 7) is 12.3. The van der Waals surface area contributed by atoms with E-state index >= 15 is 0 Å². The highest BCUT2D eigenvalue weighted by molar-refractivity contribution is 5.67. The van der Waals surface area contributed by atoms with Crippen LogP contribution in [0.2, 0.25) is 0 Å². The van der Waals surface area contributed by atoms with Crippen LogP contribution < -0.4 is 5.32 Å².